The van der Waals surface area contributed by atoms with Crippen molar-refractivity contribution in [2.45, 2.75) is 47.0 Å². The normalized spacial score (nSPS) is 12.4. The number of carbonyl (C=O) groups excluding carboxylic acids is 2. The third-order valence-corrected chi connectivity index (χ3v) is 6.13. The van der Waals surface area contributed by atoms with Gasteiger partial charge in [-0.05, 0) is 29.9 Å². The number of aromatic nitrogens is 2. The first-order valence-electron chi connectivity index (χ1n) is 10.7. The van der Waals surface area contributed by atoms with E-state index in [2.05, 4.69) is 59.1 Å². The third-order valence-electron chi connectivity index (χ3n) is 4.75. The van der Waals surface area contributed by atoms with E-state index in [9.17, 15) is 9.59 Å². The molecule has 0 spiro atoms. The zero-order chi connectivity index (χ0) is 23.7. The summed E-state index contributed by atoms with van der Waals surface area (Å²) in [7, 11) is 1.61. The number of hydrogen-bond acceptors (Lipinski definition) is 6. The molecule has 0 aliphatic heterocycles. The van der Waals surface area contributed by atoms with Crippen LogP contribution in [0.1, 0.15) is 47.0 Å². The van der Waals surface area contributed by atoms with E-state index >= 15 is 0 Å². The highest BCUT2D eigenvalue weighted by molar-refractivity contribution is 9.10. The Bertz CT molecular complexity index is 897. The standard InChI is InChI=1S/C23H33BrN4O3S/c1-16(15-23(2,3)4)13-20(30)28(11-12-31-5)10-9-19(29)25-22-27-26-21(32-22)17-7-6-8-18(24)14-17/h6-8,14,16H,9-13,15H2,1-5H3,(H,25,27,29). The van der Waals surface area contributed by atoms with Gasteiger partial charge in [-0.15, -0.1) is 10.2 Å². The number of amides is 2. The predicted molar refractivity (Wildman–Crippen MR) is 133 cm³/mol. The first-order chi connectivity index (χ1) is 15.1. The van der Waals surface area contributed by atoms with Crippen molar-refractivity contribution in [1.82, 2.24) is 15.1 Å². The average Bonchev–Trinajstić information content (AvgIpc) is 3.14. The number of rotatable bonds is 11. The minimum absolute atomic E-state index is 0.0551. The highest BCUT2D eigenvalue weighted by Gasteiger charge is 2.21. The minimum atomic E-state index is -0.195. The first-order valence-corrected chi connectivity index (χ1v) is 12.3. The van der Waals surface area contributed by atoms with E-state index in [-0.39, 0.29) is 29.6 Å². The molecule has 1 N–H and O–H groups in total. The molecule has 0 saturated carbocycles. The van der Waals surface area contributed by atoms with Crippen LogP contribution in [0.3, 0.4) is 0 Å². The van der Waals surface area contributed by atoms with Gasteiger partial charge in [-0.2, -0.15) is 0 Å². The van der Waals surface area contributed by atoms with Crippen LogP contribution in [-0.2, 0) is 14.3 Å². The van der Waals surface area contributed by atoms with Gasteiger partial charge < -0.3 is 15.0 Å². The van der Waals surface area contributed by atoms with Crippen molar-refractivity contribution in [2.24, 2.45) is 11.3 Å². The Morgan fingerprint density at radius 1 is 1.25 bits per heavy atom. The maximum atomic E-state index is 12.8. The lowest BCUT2D eigenvalue weighted by molar-refractivity contribution is -0.133. The molecular formula is C23H33BrN4O3S. The Morgan fingerprint density at radius 2 is 2.00 bits per heavy atom. The fraction of sp³-hybridized carbons (Fsp3) is 0.565. The number of ether oxygens (including phenoxy) is 1. The van der Waals surface area contributed by atoms with Gasteiger partial charge in [0.2, 0.25) is 16.9 Å². The Balaban J connectivity index is 1.90. The molecule has 2 rings (SSSR count). The monoisotopic (exact) mass is 524 g/mol. The number of anilines is 1. The second-order valence-corrected chi connectivity index (χ2v) is 11.1. The van der Waals surface area contributed by atoms with E-state index < -0.39 is 0 Å². The van der Waals surface area contributed by atoms with E-state index in [1.165, 1.54) is 11.3 Å². The SMILES string of the molecule is COCCN(CCC(=O)Nc1nnc(-c2cccc(Br)c2)s1)C(=O)CC(C)CC(C)(C)C. The molecule has 1 aromatic carbocycles. The molecule has 1 atom stereocenters. The fourth-order valence-corrected chi connectivity index (χ4v) is 4.69. The van der Waals surface area contributed by atoms with Crippen molar-refractivity contribution in [3.05, 3.63) is 28.7 Å². The molecule has 176 valence electrons. The Kier molecular flexibility index (Phi) is 10.2. The molecule has 32 heavy (non-hydrogen) atoms. The number of benzene rings is 1. The summed E-state index contributed by atoms with van der Waals surface area (Å²) in [5.41, 5.74) is 1.10. The molecule has 0 saturated heterocycles. The maximum Gasteiger partial charge on any atom is 0.227 e. The average molecular weight is 526 g/mol. The van der Waals surface area contributed by atoms with Crippen LogP contribution >= 0.6 is 27.3 Å². The van der Waals surface area contributed by atoms with Gasteiger partial charge in [0, 0.05) is 43.1 Å². The smallest absolute Gasteiger partial charge is 0.227 e. The first kappa shape index (κ1) is 26.4. The fourth-order valence-electron chi connectivity index (χ4n) is 3.54. The van der Waals surface area contributed by atoms with Gasteiger partial charge >= 0.3 is 0 Å². The molecule has 0 fully saturated rings. The molecule has 1 unspecified atom stereocenters. The summed E-state index contributed by atoms with van der Waals surface area (Å²) in [5, 5.41) is 12.2. The van der Waals surface area contributed by atoms with E-state index in [0.29, 0.717) is 31.2 Å². The lowest BCUT2D eigenvalue weighted by atomic mass is 9.84. The van der Waals surface area contributed by atoms with E-state index in [1.807, 2.05) is 24.3 Å². The number of nitrogens with one attached hydrogen (secondary N) is 1. The molecule has 2 aromatic rings. The largest absolute Gasteiger partial charge is 0.383 e. The summed E-state index contributed by atoms with van der Waals surface area (Å²) in [5.74, 6) is 0.138. The lowest BCUT2D eigenvalue weighted by Crippen LogP contribution is -2.37. The minimum Gasteiger partial charge on any atom is -0.383 e. The van der Waals surface area contributed by atoms with E-state index in [4.69, 9.17) is 4.74 Å². The summed E-state index contributed by atoms with van der Waals surface area (Å²) < 4.78 is 6.10. The molecule has 1 heterocycles. The van der Waals surface area contributed by atoms with Gasteiger partial charge in [-0.25, -0.2) is 0 Å². The number of halogens is 1. The van der Waals surface area contributed by atoms with Crippen molar-refractivity contribution in [3.8, 4) is 10.6 Å². The van der Waals surface area contributed by atoms with E-state index in [0.717, 1.165) is 21.5 Å². The number of carbonyl (C=O) groups is 2. The van der Waals surface area contributed by atoms with Crippen LogP contribution in [0.5, 0.6) is 0 Å². The van der Waals surface area contributed by atoms with Gasteiger partial charge in [0.15, 0.2) is 0 Å². The molecule has 0 aliphatic rings. The molecule has 0 radical (unpaired) electrons. The highest BCUT2D eigenvalue weighted by Crippen LogP contribution is 2.28. The van der Waals surface area contributed by atoms with Crippen molar-refractivity contribution in [1.29, 1.82) is 0 Å². The maximum absolute atomic E-state index is 12.8. The van der Waals surface area contributed by atoms with Crippen LogP contribution in [0.25, 0.3) is 10.6 Å². The molecule has 7 nitrogen and oxygen atoms in total. The van der Waals surface area contributed by atoms with Crippen LogP contribution in [0.2, 0.25) is 0 Å². The van der Waals surface area contributed by atoms with Gasteiger partial charge in [0.05, 0.1) is 6.61 Å². The molecule has 1 aromatic heterocycles. The molecular weight excluding hydrogens is 492 g/mol. The van der Waals surface area contributed by atoms with Gasteiger partial charge in [0.25, 0.3) is 0 Å². The zero-order valence-corrected chi connectivity index (χ0v) is 21.9. The van der Waals surface area contributed by atoms with Crippen LogP contribution in [0, 0.1) is 11.3 Å². The summed E-state index contributed by atoms with van der Waals surface area (Å²) in [6.07, 6.45) is 1.62. The summed E-state index contributed by atoms with van der Waals surface area (Å²) in [6.45, 7) is 9.88. The summed E-state index contributed by atoms with van der Waals surface area (Å²) >= 11 is 4.76. The zero-order valence-electron chi connectivity index (χ0n) is 19.5. The summed E-state index contributed by atoms with van der Waals surface area (Å²) in [4.78, 5) is 27.0. The molecule has 2 amide bonds. The van der Waals surface area contributed by atoms with Crippen LogP contribution in [0.4, 0.5) is 5.13 Å². The summed E-state index contributed by atoms with van der Waals surface area (Å²) in [6, 6.07) is 7.75. The Morgan fingerprint density at radius 3 is 2.66 bits per heavy atom. The number of hydrogen-bond donors (Lipinski definition) is 1. The quantitative estimate of drug-likeness (QED) is 0.434. The van der Waals surface area contributed by atoms with Crippen LogP contribution in [-0.4, -0.2) is 53.7 Å². The Hall–Kier alpha value is -1.84. The van der Waals surface area contributed by atoms with Crippen molar-refractivity contribution in [2.75, 3.05) is 32.1 Å². The second-order valence-electron chi connectivity index (χ2n) is 9.17. The van der Waals surface area contributed by atoms with Crippen LogP contribution < -0.4 is 5.32 Å². The topological polar surface area (TPSA) is 84.4 Å². The molecule has 9 heteroatoms. The van der Waals surface area contributed by atoms with Crippen molar-refractivity contribution < 1.29 is 14.3 Å². The van der Waals surface area contributed by atoms with Gasteiger partial charge in [0.1, 0.15) is 5.01 Å². The third kappa shape index (κ3) is 9.34. The van der Waals surface area contributed by atoms with Gasteiger partial charge in [-0.3, -0.25) is 9.59 Å². The second kappa shape index (κ2) is 12.4. The van der Waals surface area contributed by atoms with Crippen LogP contribution in [0.15, 0.2) is 28.7 Å². The number of nitrogens with zero attached hydrogens (tertiary/aromatic N) is 3. The lowest BCUT2D eigenvalue weighted by Gasteiger charge is -2.27. The molecule has 0 bridgehead atoms. The number of methoxy groups -OCH3 is 1. The Labute approximate surface area is 203 Å². The predicted octanol–water partition coefficient (Wildman–Crippen LogP) is 5.23. The molecule has 0 aliphatic carbocycles. The van der Waals surface area contributed by atoms with Gasteiger partial charge in [-0.1, -0.05) is 67.1 Å². The van der Waals surface area contributed by atoms with Crippen molar-refractivity contribution >= 4 is 44.2 Å². The highest BCUT2D eigenvalue weighted by atomic mass is 79.9. The van der Waals surface area contributed by atoms with E-state index in [1.54, 1.807) is 12.0 Å². The van der Waals surface area contributed by atoms with Crippen molar-refractivity contribution in [3.63, 3.8) is 0 Å².